The van der Waals surface area contributed by atoms with E-state index in [0.29, 0.717) is 18.0 Å². The minimum Gasteiger partial charge on any atom is -0.508 e. The molecular weight excluding hydrogens is 302 g/mol. The highest BCUT2D eigenvalue weighted by Gasteiger charge is 2.15. The Morgan fingerprint density at radius 2 is 1.92 bits per heavy atom. The van der Waals surface area contributed by atoms with Crippen LogP contribution in [0.3, 0.4) is 0 Å². The molecular formula is C19H17N3O2. The summed E-state index contributed by atoms with van der Waals surface area (Å²) in [5, 5.41) is 9.39. The molecule has 0 unspecified atom stereocenters. The molecule has 0 saturated carbocycles. The van der Waals surface area contributed by atoms with E-state index in [2.05, 4.69) is 16.0 Å². The molecule has 4 rings (SSSR count). The zero-order valence-electron chi connectivity index (χ0n) is 13.1. The van der Waals surface area contributed by atoms with Gasteiger partial charge in [-0.05, 0) is 41.8 Å². The number of phenols is 1. The summed E-state index contributed by atoms with van der Waals surface area (Å²) in [6.45, 7) is 1.52. The van der Waals surface area contributed by atoms with Gasteiger partial charge in [-0.3, -0.25) is 9.20 Å². The molecule has 0 spiro atoms. The predicted octanol–water partition coefficient (Wildman–Crippen LogP) is 2.69. The van der Waals surface area contributed by atoms with Crippen LogP contribution < -0.4 is 10.5 Å². The summed E-state index contributed by atoms with van der Waals surface area (Å²) in [6.07, 6.45) is 4.76. The predicted molar refractivity (Wildman–Crippen MR) is 94.4 cm³/mol. The summed E-state index contributed by atoms with van der Waals surface area (Å²) in [7, 11) is 0. The molecule has 0 saturated heterocycles. The van der Waals surface area contributed by atoms with Gasteiger partial charge in [0.05, 0.1) is 0 Å². The number of aromatic nitrogens is 2. The molecule has 24 heavy (non-hydrogen) atoms. The third-order valence-electron chi connectivity index (χ3n) is 4.33. The van der Waals surface area contributed by atoms with Gasteiger partial charge < -0.3 is 10.0 Å². The zero-order chi connectivity index (χ0) is 16.5. The van der Waals surface area contributed by atoms with Crippen LogP contribution in [0.4, 0.5) is 5.82 Å². The molecule has 0 amide bonds. The van der Waals surface area contributed by atoms with Crippen molar-refractivity contribution >= 4 is 17.0 Å². The summed E-state index contributed by atoms with van der Waals surface area (Å²) < 4.78 is 1.55. The van der Waals surface area contributed by atoms with Gasteiger partial charge in [-0.15, -0.1) is 0 Å². The largest absolute Gasteiger partial charge is 0.508 e. The Kier molecular flexibility index (Phi) is 3.54. The fourth-order valence-corrected chi connectivity index (χ4v) is 3.02. The van der Waals surface area contributed by atoms with Crippen molar-refractivity contribution in [2.24, 2.45) is 0 Å². The van der Waals surface area contributed by atoms with Crippen LogP contribution in [-0.2, 0) is 0 Å². The molecule has 1 N–H and O–H groups in total. The Bertz CT molecular complexity index is 974. The number of phenolic OH excluding ortho intramolecular Hbond substituents is 1. The lowest BCUT2D eigenvalue weighted by atomic mass is 9.99. The molecule has 2 aromatic heterocycles. The average Bonchev–Trinajstić information content (AvgIpc) is 2.62. The minimum absolute atomic E-state index is 0.0658. The molecule has 0 aliphatic carbocycles. The number of nitrogens with zero attached hydrogens (tertiary/aromatic N) is 3. The van der Waals surface area contributed by atoms with E-state index in [1.165, 1.54) is 5.57 Å². The number of anilines is 1. The first-order valence-electron chi connectivity index (χ1n) is 7.92. The average molecular weight is 319 g/mol. The third-order valence-corrected chi connectivity index (χ3v) is 4.33. The highest BCUT2D eigenvalue weighted by Crippen LogP contribution is 2.25. The maximum absolute atomic E-state index is 12.2. The molecule has 120 valence electrons. The van der Waals surface area contributed by atoms with E-state index in [-0.39, 0.29) is 11.3 Å². The van der Waals surface area contributed by atoms with Crippen molar-refractivity contribution in [1.82, 2.24) is 9.38 Å². The van der Waals surface area contributed by atoms with E-state index < -0.39 is 0 Å². The zero-order valence-corrected chi connectivity index (χ0v) is 13.1. The SMILES string of the molecule is O=c1cc(N2CC=C(c3ccc(O)cc3)CC2)nc2ccccn12. The molecule has 5 nitrogen and oxygen atoms in total. The Hall–Kier alpha value is -3.08. The first-order chi connectivity index (χ1) is 11.7. The first-order valence-corrected chi connectivity index (χ1v) is 7.92. The summed E-state index contributed by atoms with van der Waals surface area (Å²) >= 11 is 0. The van der Waals surface area contributed by atoms with Gasteiger partial charge in [-0.2, -0.15) is 0 Å². The number of fused-ring (bicyclic) bond motifs is 1. The quantitative estimate of drug-likeness (QED) is 0.789. The van der Waals surface area contributed by atoms with Gasteiger partial charge in [0.25, 0.3) is 5.56 Å². The Labute approximate surface area is 139 Å². The Morgan fingerprint density at radius 3 is 2.67 bits per heavy atom. The number of rotatable bonds is 2. The number of hydrogen-bond acceptors (Lipinski definition) is 4. The Morgan fingerprint density at radius 1 is 1.08 bits per heavy atom. The second-order valence-corrected chi connectivity index (χ2v) is 5.85. The van der Waals surface area contributed by atoms with Gasteiger partial charge in [0, 0.05) is 25.4 Å². The lowest BCUT2D eigenvalue weighted by Gasteiger charge is -2.27. The van der Waals surface area contributed by atoms with E-state index in [0.717, 1.165) is 18.5 Å². The summed E-state index contributed by atoms with van der Waals surface area (Å²) in [4.78, 5) is 18.9. The smallest absolute Gasteiger partial charge is 0.259 e. The minimum atomic E-state index is -0.0658. The van der Waals surface area contributed by atoms with Gasteiger partial charge in [0.1, 0.15) is 17.2 Å². The van der Waals surface area contributed by atoms with Crippen LogP contribution in [0.2, 0.25) is 0 Å². The molecule has 5 heteroatoms. The van der Waals surface area contributed by atoms with Crippen LogP contribution in [0, 0.1) is 0 Å². The standard InChI is InChI=1S/C19H17N3O2/c23-16-6-4-14(5-7-16)15-8-11-21(12-9-15)18-13-19(24)22-10-2-1-3-17(22)20-18/h1-8,10,13,23H,9,11-12H2. The van der Waals surface area contributed by atoms with E-state index in [4.69, 9.17) is 0 Å². The van der Waals surface area contributed by atoms with Crippen molar-refractivity contribution < 1.29 is 5.11 Å². The number of aromatic hydroxyl groups is 1. The molecule has 1 aliphatic rings. The second-order valence-electron chi connectivity index (χ2n) is 5.85. The van der Waals surface area contributed by atoms with Gasteiger partial charge >= 0.3 is 0 Å². The van der Waals surface area contributed by atoms with Gasteiger partial charge in [0.2, 0.25) is 0 Å². The first kappa shape index (κ1) is 14.5. The molecule has 0 bridgehead atoms. The van der Waals surface area contributed by atoms with Crippen molar-refractivity contribution in [3.05, 3.63) is 76.7 Å². The van der Waals surface area contributed by atoms with Crippen LogP contribution in [0.25, 0.3) is 11.2 Å². The lowest BCUT2D eigenvalue weighted by molar-refractivity contribution is 0.475. The summed E-state index contributed by atoms with van der Waals surface area (Å²) in [6, 6.07) is 14.4. The van der Waals surface area contributed by atoms with E-state index in [9.17, 15) is 9.90 Å². The molecule has 1 aromatic carbocycles. The van der Waals surface area contributed by atoms with Crippen LogP contribution in [0.15, 0.2) is 65.6 Å². The van der Waals surface area contributed by atoms with Crippen LogP contribution in [0.5, 0.6) is 5.75 Å². The van der Waals surface area contributed by atoms with Gasteiger partial charge in [-0.25, -0.2) is 4.98 Å². The lowest BCUT2D eigenvalue weighted by Crippen LogP contribution is -2.30. The maximum Gasteiger partial charge on any atom is 0.259 e. The van der Waals surface area contributed by atoms with Gasteiger partial charge in [-0.1, -0.05) is 24.3 Å². The fraction of sp³-hybridized carbons (Fsp3) is 0.158. The molecule has 1 aliphatic heterocycles. The van der Waals surface area contributed by atoms with Crippen molar-refractivity contribution in [1.29, 1.82) is 0 Å². The van der Waals surface area contributed by atoms with Crippen molar-refractivity contribution in [2.45, 2.75) is 6.42 Å². The highest BCUT2D eigenvalue weighted by atomic mass is 16.3. The normalized spacial score (nSPS) is 14.7. The monoisotopic (exact) mass is 319 g/mol. The van der Waals surface area contributed by atoms with Crippen LogP contribution >= 0.6 is 0 Å². The van der Waals surface area contributed by atoms with Crippen molar-refractivity contribution in [3.8, 4) is 5.75 Å². The van der Waals surface area contributed by atoms with Crippen molar-refractivity contribution in [3.63, 3.8) is 0 Å². The van der Waals surface area contributed by atoms with Gasteiger partial charge in [0.15, 0.2) is 0 Å². The van der Waals surface area contributed by atoms with Crippen LogP contribution in [-0.4, -0.2) is 27.6 Å². The Balaban J connectivity index is 1.61. The maximum atomic E-state index is 12.2. The van der Waals surface area contributed by atoms with Crippen LogP contribution in [0.1, 0.15) is 12.0 Å². The molecule has 3 aromatic rings. The number of hydrogen-bond donors (Lipinski definition) is 1. The summed E-state index contributed by atoms with van der Waals surface area (Å²) in [5.41, 5.74) is 2.97. The van der Waals surface area contributed by atoms with E-state index >= 15 is 0 Å². The van der Waals surface area contributed by atoms with E-state index in [1.54, 1.807) is 28.8 Å². The molecule has 3 heterocycles. The number of benzene rings is 1. The topological polar surface area (TPSA) is 57.8 Å². The second kappa shape index (κ2) is 5.85. The fourth-order valence-electron chi connectivity index (χ4n) is 3.02. The molecule has 0 radical (unpaired) electrons. The third kappa shape index (κ3) is 2.65. The highest BCUT2D eigenvalue weighted by molar-refractivity contribution is 5.69. The summed E-state index contributed by atoms with van der Waals surface area (Å²) in [5.74, 6) is 0.991. The van der Waals surface area contributed by atoms with E-state index in [1.807, 2.05) is 30.3 Å². The molecule has 0 fully saturated rings. The van der Waals surface area contributed by atoms with Crippen molar-refractivity contribution in [2.75, 3.05) is 18.0 Å². The number of pyridine rings is 1. The molecule has 0 atom stereocenters.